The first kappa shape index (κ1) is 14.9. The van der Waals surface area contributed by atoms with E-state index in [2.05, 4.69) is 5.32 Å². The predicted octanol–water partition coefficient (Wildman–Crippen LogP) is 0.731. The minimum absolute atomic E-state index is 0.0955. The van der Waals surface area contributed by atoms with E-state index in [1.807, 2.05) is 6.92 Å². The van der Waals surface area contributed by atoms with E-state index < -0.39 is 11.9 Å². The molecule has 0 saturated carbocycles. The molecule has 2 atom stereocenters. The number of carboxylic acid groups (broad SMARTS) is 1. The highest BCUT2D eigenvalue weighted by molar-refractivity contribution is 5.76. The summed E-state index contributed by atoms with van der Waals surface area (Å²) in [6.07, 6.45) is 2.56. The van der Waals surface area contributed by atoms with Crippen LogP contribution in [0.25, 0.3) is 0 Å². The van der Waals surface area contributed by atoms with E-state index in [0.29, 0.717) is 19.4 Å². The molecule has 5 heteroatoms. The summed E-state index contributed by atoms with van der Waals surface area (Å²) in [7, 11) is 0. The molecule has 4 N–H and O–H groups in total. The molecule has 2 unspecified atom stereocenters. The number of nitrogens with one attached hydrogen (secondary N) is 1. The number of carbonyl (C=O) groups excluding carboxylic acids is 1. The second kappa shape index (κ2) is 8.10. The number of hydrogen-bond donors (Lipinski definition) is 3. The van der Waals surface area contributed by atoms with Crippen molar-refractivity contribution in [3.05, 3.63) is 0 Å². The summed E-state index contributed by atoms with van der Waals surface area (Å²) in [5.74, 6) is -1.36. The van der Waals surface area contributed by atoms with E-state index in [-0.39, 0.29) is 11.9 Å². The standard InChI is InChI=1S/C11H22N2O3/c1-3-4-9(12)7-10(14)13-6-5-8(2)11(15)16/h8-9H,3-7,12H2,1-2H3,(H,13,14)(H,15,16). The Kier molecular flexibility index (Phi) is 7.54. The van der Waals surface area contributed by atoms with Gasteiger partial charge in [0, 0.05) is 19.0 Å². The molecular weight excluding hydrogens is 208 g/mol. The van der Waals surface area contributed by atoms with E-state index in [1.165, 1.54) is 0 Å². The quantitative estimate of drug-likeness (QED) is 0.573. The predicted molar refractivity (Wildman–Crippen MR) is 61.9 cm³/mol. The maximum Gasteiger partial charge on any atom is 0.306 e. The van der Waals surface area contributed by atoms with Gasteiger partial charge in [-0.05, 0) is 12.8 Å². The van der Waals surface area contributed by atoms with Crippen molar-refractivity contribution in [1.82, 2.24) is 5.32 Å². The van der Waals surface area contributed by atoms with Crippen molar-refractivity contribution in [2.24, 2.45) is 11.7 Å². The third kappa shape index (κ3) is 7.23. The molecule has 94 valence electrons. The zero-order valence-electron chi connectivity index (χ0n) is 10.0. The fourth-order valence-corrected chi connectivity index (χ4v) is 1.33. The fraction of sp³-hybridized carbons (Fsp3) is 0.818. The van der Waals surface area contributed by atoms with Crippen molar-refractivity contribution in [1.29, 1.82) is 0 Å². The fourth-order valence-electron chi connectivity index (χ4n) is 1.33. The number of aliphatic carboxylic acids is 1. The van der Waals surface area contributed by atoms with Crippen molar-refractivity contribution in [2.75, 3.05) is 6.54 Å². The SMILES string of the molecule is CCCC(N)CC(=O)NCCC(C)C(=O)O. The van der Waals surface area contributed by atoms with Crippen LogP contribution in [0.5, 0.6) is 0 Å². The summed E-state index contributed by atoms with van der Waals surface area (Å²) < 4.78 is 0. The molecule has 0 aliphatic rings. The van der Waals surface area contributed by atoms with E-state index in [9.17, 15) is 9.59 Å². The average Bonchev–Trinajstić information content (AvgIpc) is 2.17. The lowest BCUT2D eigenvalue weighted by Gasteiger charge is -2.11. The first-order chi connectivity index (χ1) is 7.47. The number of nitrogens with two attached hydrogens (primary N) is 1. The summed E-state index contributed by atoms with van der Waals surface area (Å²) in [6, 6.07) is -0.0955. The topological polar surface area (TPSA) is 92.4 Å². The van der Waals surface area contributed by atoms with Gasteiger partial charge in [0.05, 0.1) is 5.92 Å². The van der Waals surface area contributed by atoms with Gasteiger partial charge < -0.3 is 16.2 Å². The van der Waals surface area contributed by atoms with Crippen LogP contribution in [0.4, 0.5) is 0 Å². The van der Waals surface area contributed by atoms with Gasteiger partial charge in [0.15, 0.2) is 0 Å². The molecule has 0 aromatic carbocycles. The highest BCUT2D eigenvalue weighted by atomic mass is 16.4. The van der Waals surface area contributed by atoms with Crippen molar-refractivity contribution in [3.63, 3.8) is 0 Å². The molecule has 1 amide bonds. The lowest BCUT2D eigenvalue weighted by molar-refractivity contribution is -0.141. The molecule has 0 aromatic rings. The van der Waals surface area contributed by atoms with Gasteiger partial charge in [-0.3, -0.25) is 9.59 Å². The molecular formula is C11H22N2O3. The molecule has 0 rings (SSSR count). The Labute approximate surface area is 96.4 Å². The molecule has 0 aliphatic carbocycles. The van der Waals surface area contributed by atoms with Gasteiger partial charge in [0.25, 0.3) is 0 Å². The van der Waals surface area contributed by atoms with Crippen LogP contribution in [0, 0.1) is 5.92 Å². The molecule has 0 fully saturated rings. The summed E-state index contributed by atoms with van der Waals surface area (Å²) >= 11 is 0. The van der Waals surface area contributed by atoms with E-state index >= 15 is 0 Å². The van der Waals surface area contributed by atoms with E-state index in [1.54, 1.807) is 6.92 Å². The zero-order chi connectivity index (χ0) is 12.6. The second-order valence-electron chi connectivity index (χ2n) is 4.13. The normalized spacial score (nSPS) is 14.2. The van der Waals surface area contributed by atoms with Crippen LogP contribution in [0.1, 0.15) is 39.5 Å². The highest BCUT2D eigenvalue weighted by Gasteiger charge is 2.12. The lowest BCUT2D eigenvalue weighted by atomic mass is 10.1. The summed E-state index contributed by atoms with van der Waals surface area (Å²) in [4.78, 5) is 21.8. The Morgan fingerprint density at radius 1 is 1.38 bits per heavy atom. The average molecular weight is 230 g/mol. The van der Waals surface area contributed by atoms with Gasteiger partial charge in [-0.1, -0.05) is 20.3 Å². The van der Waals surface area contributed by atoms with Crippen LogP contribution < -0.4 is 11.1 Å². The molecule has 0 aliphatic heterocycles. The Morgan fingerprint density at radius 3 is 2.50 bits per heavy atom. The molecule has 0 saturated heterocycles. The van der Waals surface area contributed by atoms with Gasteiger partial charge in [-0.15, -0.1) is 0 Å². The first-order valence-electron chi connectivity index (χ1n) is 5.72. The monoisotopic (exact) mass is 230 g/mol. The smallest absolute Gasteiger partial charge is 0.306 e. The molecule has 0 bridgehead atoms. The number of rotatable bonds is 8. The van der Waals surface area contributed by atoms with Crippen LogP contribution in [-0.2, 0) is 9.59 Å². The van der Waals surface area contributed by atoms with Gasteiger partial charge in [-0.25, -0.2) is 0 Å². The van der Waals surface area contributed by atoms with E-state index in [4.69, 9.17) is 10.8 Å². The molecule has 16 heavy (non-hydrogen) atoms. The number of carbonyl (C=O) groups is 2. The van der Waals surface area contributed by atoms with Gasteiger partial charge in [0.2, 0.25) is 5.91 Å². The van der Waals surface area contributed by atoms with E-state index in [0.717, 1.165) is 12.8 Å². The third-order valence-electron chi connectivity index (χ3n) is 2.43. The van der Waals surface area contributed by atoms with Gasteiger partial charge in [0.1, 0.15) is 0 Å². The van der Waals surface area contributed by atoms with Crippen molar-refractivity contribution >= 4 is 11.9 Å². The van der Waals surface area contributed by atoms with Crippen molar-refractivity contribution in [2.45, 2.75) is 45.6 Å². The van der Waals surface area contributed by atoms with Crippen LogP contribution in [-0.4, -0.2) is 29.6 Å². The summed E-state index contributed by atoms with van der Waals surface area (Å²) in [5, 5.41) is 11.3. The van der Waals surface area contributed by atoms with Crippen LogP contribution in [0.2, 0.25) is 0 Å². The molecule has 0 spiro atoms. The largest absolute Gasteiger partial charge is 0.481 e. The molecule has 5 nitrogen and oxygen atoms in total. The zero-order valence-corrected chi connectivity index (χ0v) is 10.0. The van der Waals surface area contributed by atoms with Crippen LogP contribution in [0.15, 0.2) is 0 Å². The van der Waals surface area contributed by atoms with Crippen molar-refractivity contribution < 1.29 is 14.7 Å². The summed E-state index contributed by atoms with van der Waals surface area (Å²) in [5.41, 5.74) is 5.71. The van der Waals surface area contributed by atoms with Crippen LogP contribution >= 0.6 is 0 Å². The molecule has 0 radical (unpaired) electrons. The number of carboxylic acids is 1. The Morgan fingerprint density at radius 2 is 2.00 bits per heavy atom. The van der Waals surface area contributed by atoms with Gasteiger partial charge in [-0.2, -0.15) is 0 Å². The Balaban J connectivity index is 3.62. The minimum Gasteiger partial charge on any atom is -0.481 e. The maximum atomic E-state index is 11.3. The second-order valence-corrected chi connectivity index (χ2v) is 4.13. The third-order valence-corrected chi connectivity index (χ3v) is 2.43. The number of amides is 1. The van der Waals surface area contributed by atoms with Crippen LogP contribution in [0.3, 0.4) is 0 Å². The molecule has 0 heterocycles. The minimum atomic E-state index is -0.836. The Bertz CT molecular complexity index is 231. The van der Waals surface area contributed by atoms with Gasteiger partial charge >= 0.3 is 5.97 Å². The lowest BCUT2D eigenvalue weighted by Crippen LogP contribution is -2.33. The Hall–Kier alpha value is -1.10. The molecule has 0 aromatic heterocycles. The number of hydrogen-bond acceptors (Lipinski definition) is 3. The first-order valence-corrected chi connectivity index (χ1v) is 5.72. The summed E-state index contributed by atoms with van der Waals surface area (Å²) in [6.45, 7) is 4.04. The maximum absolute atomic E-state index is 11.3. The highest BCUT2D eigenvalue weighted by Crippen LogP contribution is 2.01. The van der Waals surface area contributed by atoms with Crippen molar-refractivity contribution in [3.8, 4) is 0 Å².